The van der Waals surface area contributed by atoms with Crippen LogP contribution in [0.1, 0.15) is 42.0 Å². The van der Waals surface area contributed by atoms with E-state index in [9.17, 15) is 9.90 Å². The van der Waals surface area contributed by atoms with E-state index in [0.717, 1.165) is 29.5 Å². The summed E-state index contributed by atoms with van der Waals surface area (Å²) in [4.78, 5) is 14.3. The Bertz CT molecular complexity index is 1220. The molecule has 8 heteroatoms. The summed E-state index contributed by atoms with van der Waals surface area (Å²) in [5.41, 5.74) is 2.76. The highest BCUT2D eigenvalue weighted by molar-refractivity contribution is 5.74. The van der Waals surface area contributed by atoms with Crippen LogP contribution in [0.5, 0.6) is 28.7 Å². The lowest BCUT2D eigenvalue weighted by Gasteiger charge is -2.40. The molecule has 0 aromatic heterocycles. The van der Waals surface area contributed by atoms with E-state index < -0.39 is 12.0 Å². The second-order valence-corrected chi connectivity index (χ2v) is 9.13. The third-order valence-electron chi connectivity index (χ3n) is 6.90. The van der Waals surface area contributed by atoms with E-state index in [-0.39, 0.29) is 12.8 Å². The van der Waals surface area contributed by atoms with Crippen molar-refractivity contribution in [3.05, 3.63) is 77.4 Å². The third kappa shape index (κ3) is 5.15. The molecule has 37 heavy (non-hydrogen) atoms. The fourth-order valence-electron chi connectivity index (χ4n) is 5.12. The molecule has 0 radical (unpaired) electrons. The number of carboxylic acids is 1. The molecule has 194 valence electrons. The van der Waals surface area contributed by atoms with Gasteiger partial charge >= 0.3 is 5.97 Å². The summed E-state index contributed by atoms with van der Waals surface area (Å²) in [6, 6.07) is 18.5. The van der Waals surface area contributed by atoms with Crippen LogP contribution in [0.15, 0.2) is 60.7 Å². The van der Waals surface area contributed by atoms with E-state index in [1.54, 1.807) is 14.2 Å². The molecule has 0 spiro atoms. The van der Waals surface area contributed by atoms with E-state index in [2.05, 4.69) is 0 Å². The number of rotatable bonds is 9. The highest BCUT2D eigenvalue weighted by Gasteiger charge is 2.36. The highest BCUT2D eigenvalue weighted by atomic mass is 16.7. The molecule has 2 aliphatic rings. The largest absolute Gasteiger partial charge is 0.493 e. The Morgan fingerprint density at radius 3 is 2.41 bits per heavy atom. The number of hydrogen-bond acceptors (Lipinski definition) is 7. The first-order valence-corrected chi connectivity index (χ1v) is 12.4. The first-order chi connectivity index (χ1) is 18.1. The van der Waals surface area contributed by atoms with Gasteiger partial charge in [-0.3, -0.25) is 9.69 Å². The number of likely N-dealkylation sites (tertiary alicyclic amines) is 1. The molecule has 2 heterocycles. The maximum atomic E-state index is 12.3. The second-order valence-electron chi connectivity index (χ2n) is 9.13. The maximum absolute atomic E-state index is 12.3. The molecular weight excluding hydrogens is 474 g/mol. The zero-order valence-corrected chi connectivity index (χ0v) is 21.0. The second kappa shape index (κ2) is 11.0. The van der Waals surface area contributed by atoms with Gasteiger partial charge < -0.3 is 28.8 Å². The lowest BCUT2D eigenvalue weighted by atomic mass is 9.91. The van der Waals surface area contributed by atoms with Crippen LogP contribution in [0.2, 0.25) is 0 Å². The number of ether oxygens (including phenoxy) is 5. The highest BCUT2D eigenvalue weighted by Crippen LogP contribution is 2.45. The number of aliphatic carboxylic acids is 1. The summed E-state index contributed by atoms with van der Waals surface area (Å²) >= 11 is 0. The standard InChI is InChI=1S/C29H31NO7/c1-33-25-15-21(16-26(34-2)28(25)35-17-19-8-4-3-5-9-19)27(30-13-7-6-10-22(30)29(31)32)20-11-12-23-24(14-20)37-18-36-23/h3-5,8-9,11-12,14-16,22,27H,6-7,10,13,17-18H2,1-2H3,(H,31,32). The fraction of sp³-hybridized carbons (Fsp3) is 0.345. The van der Waals surface area contributed by atoms with Gasteiger partial charge in [0.05, 0.1) is 20.3 Å². The molecule has 3 aromatic rings. The van der Waals surface area contributed by atoms with Crippen LogP contribution in [0.3, 0.4) is 0 Å². The van der Waals surface area contributed by atoms with Crippen molar-refractivity contribution in [1.29, 1.82) is 0 Å². The van der Waals surface area contributed by atoms with Crippen LogP contribution in [0.4, 0.5) is 0 Å². The zero-order valence-electron chi connectivity index (χ0n) is 21.0. The third-order valence-corrected chi connectivity index (χ3v) is 6.90. The molecule has 1 saturated heterocycles. The van der Waals surface area contributed by atoms with Crippen LogP contribution < -0.4 is 23.7 Å². The van der Waals surface area contributed by atoms with Crippen molar-refractivity contribution >= 4 is 5.97 Å². The van der Waals surface area contributed by atoms with Crippen molar-refractivity contribution in [2.45, 2.75) is 38.0 Å². The zero-order chi connectivity index (χ0) is 25.8. The molecule has 1 N–H and O–H groups in total. The van der Waals surface area contributed by atoms with Gasteiger partial charge in [-0.2, -0.15) is 0 Å². The quantitative estimate of drug-likeness (QED) is 0.433. The molecule has 8 nitrogen and oxygen atoms in total. The number of carbonyl (C=O) groups is 1. The van der Waals surface area contributed by atoms with Gasteiger partial charge in [-0.15, -0.1) is 0 Å². The Balaban J connectivity index is 1.58. The monoisotopic (exact) mass is 505 g/mol. The summed E-state index contributed by atoms with van der Waals surface area (Å²) in [7, 11) is 3.18. The first-order valence-electron chi connectivity index (χ1n) is 12.4. The smallest absolute Gasteiger partial charge is 0.320 e. The topological polar surface area (TPSA) is 86.7 Å². The molecule has 0 amide bonds. The minimum absolute atomic E-state index is 0.167. The van der Waals surface area contributed by atoms with Gasteiger partial charge in [-0.1, -0.05) is 42.8 Å². The van der Waals surface area contributed by atoms with E-state index >= 15 is 0 Å². The Morgan fingerprint density at radius 2 is 1.70 bits per heavy atom. The van der Waals surface area contributed by atoms with Crippen molar-refractivity contribution in [3.63, 3.8) is 0 Å². The van der Waals surface area contributed by atoms with Gasteiger partial charge in [-0.05, 0) is 60.3 Å². The van der Waals surface area contributed by atoms with Gasteiger partial charge in [0, 0.05) is 0 Å². The van der Waals surface area contributed by atoms with Gasteiger partial charge in [0.2, 0.25) is 12.5 Å². The molecule has 3 aromatic carbocycles. The maximum Gasteiger partial charge on any atom is 0.320 e. The minimum Gasteiger partial charge on any atom is -0.493 e. The minimum atomic E-state index is -0.827. The van der Waals surface area contributed by atoms with E-state index in [1.165, 1.54) is 0 Å². The number of nitrogens with zero attached hydrogens (tertiary/aromatic N) is 1. The molecule has 0 saturated carbocycles. The normalized spacial score (nSPS) is 17.7. The van der Waals surface area contributed by atoms with Crippen molar-refractivity contribution in [2.75, 3.05) is 27.6 Å². The number of methoxy groups -OCH3 is 2. The van der Waals surface area contributed by atoms with E-state index in [4.69, 9.17) is 23.7 Å². The van der Waals surface area contributed by atoms with Gasteiger partial charge in [0.15, 0.2) is 23.0 Å². The summed E-state index contributed by atoms with van der Waals surface area (Å²) in [6.45, 7) is 1.17. The van der Waals surface area contributed by atoms with Gasteiger partial charge in [-0.25, -0.2) is 0 Å². The lowest BCUT2D eigenvalue weighted by molar-refractivity contribution is -0.145. The number of piperidine rings is 1. The number of carboxylic acid groups (broad SMARTS) is 1. The molecule has 5 rings (SSSR count). The molecule has 0 aliphatic carbocycles. The molecular formula is C29H31NO7. The SMILES string of the molecule is COc1cc(C(c2ccc3c(c2)OCO3)N2CCCCC2C(=O)O)cc(OC)c1OCc1ccccc1. The predicted octanol–water partition coefficient (Wildman–Crippen LogP) is 5.04. The van der Waals surface area contributed by atoms with Crippen molar-refractivity contribution < 1.29 is 33.6 Å². The Labute approximate surface area is 216 Å². The number of hydrogen-bond donors (Lipinski definition) is 1. The molecule has 2 atom stereocenters. The predicted molar refractivity (Wildman–Crippen MR) is 137 cm³/mol. The summed E-state index contributed by atoms with van der Waals surface area (Å²) < 4.78 is 28.8. The Kier molecular flexibility index (Phi) is 7.37. The summed E-state index contributed by atoms with van der Waals surface area (Å²) in [6.07, 6.45) is 2.38. The van der Waals surface area contributed by atoms with Crippen LogP contribution in [-0.4, -0.2) is 49.6 Å². The fourth-order valence-corrected chi connectivity index (χ4v) is 5.12. The molecule has 1 fully saturated rings. The Hall–Kier alpha value is -3.91. The van der Waals surface area contributed by atoms with Crippen LogP contribution >= 0.6 is 0 Å². The average molecular weight is 506 g/mol. The Morgan fingerprint density at radius 1 is 0.973 bits per heavy atom. The molecule has 0 bridgehead atoms. The van der Waals surface area contributed by atoms with Crippen LogP contribution in [-0.2, 0) is 11.4 Å². The van der Waals surface area contributed by atoms with E-state index in [0.29, 0.717) is 48.3 Å². The van der Waals surface area contributed by atoms with Crippen molar-refractivity contribution in [3.8, 4) is 28.7 Å². The molecule has 2 aliphatic heterocycles. The van der Waals surface area contributed by atoms with Crippen LogP contribution in [0, 0.1) is 0 Å². The van der Waals surface area contributed by atoms with E-state index in [1.807, 2.05) is 65.6 Å². The van der Waals surface area contributed by atoms with Gasteiger partial charge in [0.25, 0.3) is 0 Å². The summed E-state index contributed by atoms with van der Waals surface area (Å²) in [5, 5.41) is 10.1. The average Bonchev–Trinajstić information content (AvgIpc) is 3.41. The van der Waals surface area contributed by atoms with Crippen LogP contribution in [0.25, 0.3) is 0 Å². The first kappa shape index (κ1) is 24.8. The van der Waals surface area contributed by atoms with Gasteiger partial charge in [0.1, 0.15) is 12.6 Å². The number of benzene rings is 3. The van der Waals surface area contributed by atoms with Crippen molar-refractivity contribution in [1.82, 2.24) is 4.90 Å². The lowest BCUT2D eigenvalue weighted by Crippen LogP contribution is -2.46. The van der Waals surface area contributed by atoms with Crippen molar-refractivity contribution in [2.24, 2.45) is 0 Å². The summed E-state index contributed by atoms with van der Waals surface area (Å²) in [5.74, 6) is 2.02. The number of fused-ring (bicyclic) bond motifs is 1. The molecule has 2 unspecified atom stereocenters.